The van der Waals surface area contributed by atoms with Gasteiger partial charge in [0.25, 0.3) is 0 Å². The Kier molecular flexibility index (Phi) is 6.41. The average Bonchev–Trinajstić information content (AvgIpc) is 3.16. The number of piperidine rings is 1. The Morgan fingerprint density at radius 2 is 1.87 bits per heavy atom. The van der Waals surface area contributed by atoms with Crippen LogP contribution in [0.15, 0.2) is 12.1 Å². The van der Waals surface area contributed by atoms with E-state index in [-0.39, 0.29) is 30.8 Å². The van der Waals surface area contributed by atoms with Gasteiger partial charge in [-0.15, -0.1) is 0 Å². The molecule has 2 saturated heterocycles. The maximum Gasteiger partial charge on any atom is 0.339 e. The van der Waals surface area contributed by atoms with Gasteiger partial charge in [-0.3, -0.25) is 9.69 Å². The van der Waals surface area contributed by atoms with Gasteiger partial charge in [-0.1, -0.05) is 0 Å². The lowest BCUT2D eigenvalue weighted by Crippen LogP contribution is -2.47. The predicted molar refractivity (Wildman–Crippen MR) is 137 cm³/mol. The Bertz CT molecular complexity index is 1160. The molecule has 8 atom stereocenters. The second-order valence-electron chi connectivity index (χ2n) is 12.6. The van der Waals surface area contributed by atoms with E-state index in [1.54, 1.807) is 21.0 Å². The van der Waals surface area contributed by atoms with E-state index in [9.17, 15) is 19.8 Å². The minimum absolute atomic E-state index is 0.0450. The third kappa shape index (κ3) is 4.40. The van der Waals surface area contributed by atoms with Gasteiger partial charge in [0, 0.05) is 30.7 Å². The molecule has 10 nitrogen and oxygen atoms in total. The number of hydrogen-bond acceptors (Lipinski definition) is 10. The monoisotopic (exact) mass is 545 g/mol. The van der Waals surface area contributed by atoms with Crippen molar-refractivity contribution in [3.05, 3.63) is 23.3 Å². The smallest absolute Gasteiger partial charge is 0.339 e. The molecule has 39 heavy (non-hydrogen) atoms. The first-order chi connectivity index (χ1) is 18.5. The van der Waals surface area contributed by atoms with Gasteiger partial charge >= 0.3 is 11.9 Å². The first kappa shape index (κ1) is 26.8. The molecule has 1 aromatic rings. The van der Waals surface area contributed by atoms with Crippen molar-refractivity contribution in [2.45, 2.75) is 112 Å². The fourth-order valence-electron chi connectivity index (χ4n) is 7.86. The van der Waals surface area contributed by atoms with Crippen LogP contribution in [0.3, 0.4) is 0 Å². The number of esters is 2. The van der Waals surface area contributed by atoms with Gasteiger partial charge in [-0.25, -0.2) is 4.79 Å². The van der Waals surface area contributed by atoms with Crippen molar-refractivity contribution >= 4 is 11.9 Å². The summed E-state index contributed by atoms with van der Waals surface area (Å²) >= 11 is 0. The van der Waals surface area contributed by atoms with Crippen LogP contribution in [0.1, 0.15) is 75.8 Å². The number of nitrogens with zero attached hydrogens (tertiary/aromatic N) is 1. The normalized spacial score (nSPS) is 34.8. The maximum atomic E-state index is 13.8. The van der Waals surface area contributed by atoms with Gasteiger partial charge in [0.2, 0.25) is 6.79 Å². The largest absolute Gasteiger partial charge is 0.469 e. The molecule has 10 heteroatoms. The predicted octanol–water partition coefficient (Wildman–Crippen LogP) is 2.21. The molecule has 3 fully saturated rings. The highest BCUT2D eigenvalue weighted by molar-refractivity contribution is 5.86. The summed E-state index contributed by atoms with van der Waals surface area (Å²) in [5.74, 6) is -0.340. The number of aliphatic hydroxyl groups is 2. The molecule has 4 aliphatic heterocycles. The van der Waals surface area contributed by atoms with E-state index in [1.807, 2.05) is 6.07 Å². The van der Waals surface area contributed by atoms with Gasteiger partial charge in [-0.2, -0.15) is 0 Å². The summed E-state index contributed by atoms with van der Waals surface area (Å²) < 4.78 is 28.4. The van der Waals surface area contributed by atoms with Crippen molar-refractivity contribution in [2.75, 3.05) is 21.0 Å². The van der Waals surface area contributed by atoms with E-state index in [1.165, 1.54) is 12.7 Å². The van der Waals surface area contributed by atoms with Crippen molar-refractivity contribution in [3.8, 4) is 11.5 Å². The summed E-state index contributed by atoms with van der Waals surface area (Å²) in [5.41, 5.74) is -1.04. The minimum atomic E-state index is -2.09. The van der Waals surface area contributed by atoms with Crippen molar-refractivity contribution in [3.63, 3.8) is 0 Å². The Morgan fingerprint density at radius 3 is 2.56 bits per heavy atom. The standard InChI is InChI=1S/C29H39NO9/c1-27(2,33)7-5-8-29(34,14-23(31)36-4)26(32)39-25-22(35-3)13-28-9-6-18-19(30(18)28)10-16-11-20-21(38-15-37-20)12-17(16)24(25)28/h11-12,18-19,22,24-25,33-34H,5-10,13-15H2,1-4H3/t18-,19+,22-,24+,25+,28+,29+,30?/m0/s1. The fraction of sp³-hybridized carbons (Fsp3) is 0.724. The van der Waals surface area contributed by atoms with Crippen LogP contribution in [0.4, 0.5) is 0 Å². The topological polar surface area (TPSA) is 124 Å². The average molecular weight is 546 g/mol. The zero-order valence-corrected chi connectivity index (χ0v) is 23.1. The van der Waals surface area contributed by atoms with Crippen molar-refractivity contribution < 1.29 is 43.5 Å². The third-order valence-corrected chi connectivity index (χ3v) is 9.65. The number of methoxy groups -OCH3 is 2. The Hall–Kier alpha value is -2.40. The summed E-state index contributed by atoms with van der Waals surface area (Å²) in [5, 5.41) is 21.7. The lowest BCUT2D eigenvalue weighted by Gasteiger charge is -2.37. The first-order valence-electron chi connectivity index (χ1n) is 14.0. The molecular formula is C29H39NO9. The fourth-order valence-corrected chi connectivity index (χ4v) is 7.86. The van der Waals surface area contributed by atoms with E-state index in [0.29, 0.717) is 37.1 Å². The number of benzene rings is 1. The van der Waals surface area contributed by atoms with Crippen molar-refractivity contribution in [2.24, 2.45) is 0 Å². The number of carbonyl (C=O) groups excluding carboxylic acids is 2. The van der Waals surface area contributed by atoms with Gasteiger partial charge in [0.1, 0.15) is 6.10 Å². The molecule has 2 N–H and O–H groups in total. The molecule has 5 aliphatic rings. The highest BCUT2D eigenvalue weighted by atomic mass is 16.7. The quantitative estimate of drug-likeness (QED) is 0.353. The van der Waals surface area contributed by atoms with Crippen molar-refractivity contribution in [1.82, 2.24) is 4.90 Å². The zero-order chi connectivity index (χ0) is 27.7. The molecule has 1 unspecified atom stereocenters. The molecule has 214 valence electrons. The van der Waals surface area contributed by atoms with Gasteiger partial charge < -0.3 is 33.9 Å². The molecular weight excluding hydrogens is 506 g/mol. The Morgan fingerprint density at radius 1 is 1.13 bits per heavy atom. The van der Waals surface area contributed by atoms with E-state index >= 15 is 0 Å². The van der Waals surface area contributed by atoms with Gasteiger partial charge in [-0.05, 0) is 82.1 Å². The number of rotatable bonds is 9. The highest BCUT2D eigenvalue weighted by Gasteiger charge is 2.72. The Balaban J connectivity index is 1.34. The molecule has 0 aromatic heterocycles. The zero-order valence-electron chi connectivity index (χ0n) is 23.1. The second kappa shape index (κ2) is 9.33. The van der Waals surface area contributed by atoms with Crippen LogP contribution in [0.25, 0.3) is 0 Å². The lowest BCUT2D eigenvalue weighted by molar-refractivity contribution is -0.182. The SMILES string of the molecule is COC(=O)C[C@](O)(CCCC(C)(C)O)C(=O)O[C@@H]1[C@@H](OC)C[C@]23CC[C@H]4[C@@H](Cc5cc6c(cc5[C@H]12)OCO6)N43. The summed E-state index contributed by atoms with van der Waals surface area (Å²) in [6.07, 6.45) is 2.71. The van der Waals surface area contributed by atoms with E-state index in [2.05, 4.69) is 11.0 Å². The Labute approximate surface area is 228 Å². The number of carbonyl (C=O) groups is 2. The maximum absolute atomic E-state index is 13.8. The number of ether oxygens (including phenoxy) is 5. The van der Waals surface area contributed by atoms with Crippen molar-refractivity contribution in [1.29, 1.82) is 0 Å². The minimum Gasteiger partial charge on any atom is -0.469 e. The lowest BCUT2D eigenvalue weighted by atomic mass is 9.78. The summed E-state index contributed by atoms with van der Waals surface area (Å²) in [4.78, 5) is 28.6. The van der Waals surface area contributed by atoms with E-state index in [4.69, 9.17) is 23.7 Å². The van der Waals surface area contributed by atoms with E-state index < -0.39 is 35.7 Å². The van der Waals surface area contributed by atoms with Gasteiger partial charge in [0.05, 0.1) is 25.2 Å². The number of hydrogen-bond donors (Lipinski definition) is 2. The molecule has 0 bridgehead atoms. The first-order valence-corrected chi connectivity index (χ1v) is 14.0. The molecule has 6 rings (SSSR count). The summed E-state index contributed by atoms with van der Waals surface area (Å²) in [6, 6.07) is 5.05. The van der Waals surface area contributed by atoms with Crippen LogP contribution in [0.5, 0.6) is 11.5 Å². The molecule has 1 aliphatic carbocycles. The number of fused-ring (bicyclic) bond motifs is 4. The molecule has 0 radical (unpaired) electrons. The van der Waals surface area contributed by atoms with Crippen LogP contribution in [-0.4, -0.2) is 89.1 Å². The third-order valence-electron chi connectivity index (χ3n) is 9.65. The molecule has 1 aromatic carbocycles. The molecule has 0 amide bonds. The van der Waals surface area contributed by atoms with Crippen LogP contribution >= 0.6 is 0 Å². The summed E-state index contributed by atoms with van der Waals surface area (Å²) in [6.45, 7) is 3.50. The van der Waals surface area contributed by atoms with Crippen LogP contribution in [0.2, 0.25) is 0 Å². The second-order valence-corrected chi connectivity index (χ2v) is 12.6. The molecule has 1 saturated carbocycles. The van der Waals surface area contributed by atoms with Crippen LogP contribution in [0, 0.1) is 0 Å². The van der Waals surface area contributed by atoms with Crippen LogP contribution in [-0.2, 0) is 30.2 Å². The molecule has 1 spiro atoms. The van der Waals surface area contributed by atoms with Crippen LogP contribution < -0.4 is 9.47 Å². The van der Waals surface area contributed by atoms with Gasteiger partial charge in [0.15, 0.2) is 17.1 Å². The van der Waals surface area contributed by atoms with E-state index in [0.717, 1.165) is 30.6 Å². The molecule has 4 heterocycles. The summed E-state index contributed by atoms with van der Waals surface area (Å²) in [7, 11) is 2.85. The highest BCUT2D eigenvalue weighted by Crippen LogP contribution is 2.65.